The highest BCUT2D eigenvalue weighted by atomic mass is 14.9. The molecule has 0 radical (unpaired) electrons. The van der Waals surface area contributed by atoms with Gasteiger partial charge >= 0.3 is 0 Å². The molecule has 0 saturated heterocycles. The van der Waals surface area contributed by atoms with E-state index < -0.39 is 0 Å². The fourth-order valence-corrected chi connectivity index (χ4v) is 2.74. The molecule has 2 aromatic carbocycles. The molecule has 0 saturated carbocycles. The maximum absolute atomic E-state index is 3.48. The van der Waals surface area contributed by atoms with E-state index in [1.54, 1.807) is 0 Å². The Hall–Kier alpha value is -1.60. The summed E-state index contributed by atoms with van der Waals surface area (Å²) in [4.78, 5) is 0. The summed E-state index contributed by atoms with van der Waals surface area (Å²) in [6.45, 7) is 4.31. The third kappa shape index (κ3) is 2.06. The maximum atomic E-state index is 3.48. The normalized spacial score (nSPS) is 14.3. The van der Waals surface area contributed by atoms with Gasteiger partial charge in [0.25, 0.3) is 0 Å². The van der Waals surface area contributed by atoms with Gasteiger partial charge in [-0.3, -0.25) is 0 Å². The maximum Gasteiger partial charge on any atom is 0.0214 e. The standard InChI is InChI=1S/C17H19N/c1-2-13-5-3-7-15(11-13)16-8-4-6-14-9-10-18-12-17(14)16/h3-8,11,18H,2,9-10,12H2,1H3. The lowest BCUT2D eigenvalue weighted by Crippen LogP contribution is -2.24. The zero-order valence-electron chi connectivity index (χ0n) is 10.9. The predicted octanol–water partition coefficient (Wildman–Crippen LogP) is 3.56. The van der Waals surface area contributed by atoms with Crippen molar-refractivity contribution in [3.63, 3.8) is 0 Å². The zero-order valence-corrected chi connectivity index (χ0v) is 10.9. The third-order valence-corrected chi connectivity index (χ3v) is 3.79. The van der Waals surface area contributed by atoms with Crippen LogP contribution in [0, 0.1) is 0 Å². The van der Waals surface area contributed by atoms with Crippen LogP contribution in [0.1, 0.15) is 23.6 Å². The van der Waals surface area contributed by atoms with Gasteiger partial charge in [0.2, 0.25) is 0 Å². The van der Waals surface area contributed by atoms with Crippen LogP contribution < -0.4 is 5.32 Å². The van der Waals surface area contributed by atoms with E-state index in [1.165, 1.54) is 27.8 Å². The van der Waals surface area contributed by atoms with E-state index in [-0.39, 0.29) is 0 Å². The Balaban J connectivity index is 2.10. The first-order valence-corrected chi connectivity index (χ1v) is 6.79. The van der Waals surface area contributed by atoms with Gasteiger partial charge in [-0.05, 0) is 47.2 Å². The Morgan fingerprint density at radius 1 is 1.11 bits per heavy atom. The Bertz CT molecular complexity index is 557. The van der Waals surface area contributed by atoms with Gasteiger partial charge in [-0.25, -0.2) is 0 Å². The van der Waals surface area contributed by atoms with E-state index in [4.69, 9.17) is 0 Å². The number of aryl methyl sites for hydroxylation is 1. The molecule has 2 aromatic rings. The third-order valence-electron chi connectivity index (χ3n) is 3.79. The van der Waals surface area contributed by atoms with Crippen LogP contribution in [0.15, 0.2) is 42.5 Å². The summed E-state index contributed by atoms with van der Waals surface area (Å²) in [5.74, 6) is 0. The predicted molar refractivity (Wildman–Crippen MR) is 76.7 cm³/mol. The SMILES string of the molecule is CCc1cccc(-c2cccc3c2CNCC3)c1. The van der Waals surface area contributed by atoms with E-state index in [2.05, 4.69) is 54.7 Å². The second-order valence-electron chi connectivity index (χ2n) is 4.92. The number of hydrogen-bond donors (Lipinski definition) is 1. The van der Waals surface area contributed by atoms with Gasteiger partial charge < -0.3 is 5.32 Å². The quantitative estimate of drug-likeness (QED) is 0.842. The zero-order chi connectivity index (χ0) is 12.4. The van der Waals surface area contributed by atoms with E-state index in [9.17, 15) is 0 Å². The van der Waals surface area contributed by atoms with Crippen molar-refractivity contribution in [3.8, 4) is 11.1 Å². The molecule has 0 spiro atoms. The smallest absolute Gasteiger partial charge is 0.0214 e. The van der Waals surface area contributed by atoms with Gasteiger partial charge in [-0.2, -0.15) is 0 Å². The van der Waals surface area contributed by atoms with Crippen LogP contribution in [0.2, 0.25) is 0 Å². The highest BCUT2D eigenvalue weighted by molar-refractivity contribution is 5.69. The minimum atomic E-state index is 1.00. The van der Waals surface area contributed by atoms with Crippen LogP contribution in [0.5, 0.6) is 0 Å². The number of hydrogen-bond acceptors (Lipinski definition) is 1. The van der Waals surface area contributed by atoms with Crippen molar-refractivity contribution in [3.05, 3.63) is 59.2 Å². The van der Waals surface area contributed by atoms with E-state index >= 15 is 0 Å². The van der Waals surface area contributed by atoms with Crippen molar-refractivity contribution in [1.29, 1.82) is 0 Å². The molecule has 0 aromatic heterocycles. The summed E-state index contributed by atoms with van der Waals surface area (Å²) < 4.78 is 0. The van der Waals surface area contributed by atoms with Gasteiger partial charge in [0.1, 0.15) is 0 Å². The number of nitrogens with one attached hydrogen (secondary N) is 1. The first kappa shape index (κ1) is 11.5. The molecule has 0 amide bonds. The summed E-state index contributed by atoms with van der Waals surface area (Å²) in [6, 6.07) is 15.6. The molecular formula is C17H19N. The largest absolute Gasteiger partial charge is 0.312 e. The number of benzene rings is 2. The van der Waals surface area contributed by atoms with Crippen LogP contribution in [0.4, 0.5) is 0 Å². The second kappa shape index (κ2) is 4.95. The summed E-state index contributed by atoms with van der Waals surface area (Å²) in [5, 5.41) is 3.48. The van der Waals surface area contributed by atoms with E-state index in [1.807, 2.05) is 0 Å². The van der Waals surface area contributed by atoms with Crippen molar-refractivity contribution in [2.45, 2.75) is 26.3 Å². The molecule has 1 aliphatic rings. The van der Waals surface area contributed by atoms with Gasteiger partial charge in [0, 0.05) is 6.54 Å². The lowest BCUT2D eigenvalue weighted by molar-refractivity contribution is 0.645. The number of fused-ring (bicyclic) bond motifs is 1. The molecule has 0 aliphatic carbocycles. The van der Waals surface area contributed by atoms with Crippen molar-refractivity contribution in [1.82, 2.24) is 5.32 Å². The molecule has 1 aliphatic heterocycles. The first-order valence-electron chi connectivity index (χ1n) is 6.79. The van der Waals surface area contributed by atoms with Crippen LogP contribution in [-0.4, -0.2) is 6.54 Å². The highest BCUT2D eigenvalue weighted by Crippen LogP contribution is 2.28. The van der Waals surface area contributed by atoms with Crippen LogP contribution >= 0.6 is 0 Å². The van der Waals surface area contributed by atoms with Gasteiger partial charge in [-0.15, -0.1) is 0 Å². The molecule has 3 rings (SSSR count). The Morgan fingerprint density at radius 2 is 2.00 bits per heavy atom. The molecule has 0 fully saturated rings. The van der Waals surface area contributed by atoms with E-state index in [0.29, 0.717) is 0 Å². The van der Waals surface area contributed by atoms with Crippen LogP contribution in [-0.2, 0) is 19.4 Å². The minimum Gasteiger partial charge on any atom is -0.312 e. The van der Waals surface area contributed by atoms with Crippen molar-refractivity contribution >= 4 is 0 Å². The fraction of sp³-hybridized carbons (Fsp3) is 0.294. The number of rotatable bonds is 2. The lowest BCUT2D eigenvalue weighted by Gasteiger charge is -2.20. The molecular weight excluding hydrogens is 218 g/mol. The molecule has 0 atom stereocenters. The summed E-state index contributed by atoms with van der Waals surface area (Å²) in [6.07, 6.45) is 2.25. The van der Waals surface area contributed by atoms with Gasteiger partial charge in [0.05, 0.1) is 0 Å². The molecule has 0 bridgehead atoms. The van der Waals surface area contributed by atoms with Gasteiger partial charge in [0.15, 0.2) is 0 Å². The van der Waals surface area contributed by atoms with Crippen molar-refractivity contribution in [2.24, 2.45) is 0 Å². The Morgan fingerprint density at radius 3 is 2.89 bits per heavy atom. The lowest BCUT2D eigenvalue weighted by atomic mass is 9.91. The van der Waals surface area contributed by atoms with Crippen molar-refractivity contribution in [2.75, 3.05) is 6.54 Å². The molecule has 1 heteroatoms. The summed E-state index contributed by atoms with van der Waals surface area (Å²) in [7, 11) is 0. The molecule has 18 heavy (non-hydrogen) atoms. The molecule has 1 N–H and O–H groups in total. The fourth-order valence-electron chi connectivity index (χ4n) is 2.74. The summed E-state index contributed by atoms with van der Waals surface area (Å²) in [5.41, 5.74) is 7.16. The monoisotopic (exact) mass is 237 g/mol. The second-order valence-corrected chi connectivity index (χ2v) is 4.92. The average molecular weight is 237 g/mol. The molecule has 1 heterocycles. The average Bonchev–Trinajstić information content (AvgIpc) is 2.47. The molecule has 0 unspecified atom stereocenters. The first-order chi connectivity index (χ1) is 8.88. The molecule has 1 nitrogen and oxygen atoms in total. The van der Waals surface area contributed by atoms with E-state index in [0.717, 1.165) is 25.9 Å². The highest BCUT2D eigenvalue weighted by Gasteiger charge is 2.13. The Kier molecular flexibility index (Phi) is 3.16. The Labute approximate surface area is 109 Å². The summed E-state index contributed by atoms with van der Waals surface area (Å²) >= 11 is 0. The van der Waals surface area contributed by atoms with Crippen LogP contribution in [0.25, 0.3) is 11.1 Å². The topological polar surface area (TPSA) is 12.0 Å². The van der Waals surface area contributed by atoms with Crippen LogP contribution in [0.3, 0.4) is 0 Å². The van der Waals surface area contributed by atoms with Gasteiger partial charge in [-0.1, -0.05) is 49.4 Å². The molecule has 92 valence electrons. The van der Waals surface area contributed by atoms with Crippen molar-refractivity contribution < 1.29 is 0 Å². The minimum absolute atomic E-state index is 1.00.